The number of pyridine rings is 2. The van der Waals surface area contributed by atoms with Crippen LogP contribution in [0.5, 0.6) is 23.3 Å². The normalized spacial score (nSPS) is 12.1. The molecule has 0 radical (unpaired) electrons. The fourth-order valence-corrected chi connectivity index (χ4v) is 8.40. The Balaban J connectivity index is 0.000000191. The van der Waals surface area contributed by atoms with Crippen molar-refractivity contribution in [2.24, 2.45) is 0 Å². The van der Waals surface area contributed by atoms with Gasteiger partial charge in [0.25, 0.3) is 0 Å². The molecule has 14 nitrogen and oxygen atoms in total. The number of benzene rings is 2. The number of carbonyl (C=O) groups is 2. The van der Waals surface area contributed by atoms with Gasteiger partial charge in [-0.25, -0.2) is 29.5 Å². The molecule has 8 aromatic rings. The zero-order chi connectivity index (χ0) is 45.0. The highest BCUT2D eigenvalue weighted by Gasteiger charge is 2.17. The van der Waals surface area contributed by atoms with E-state index < -0.39 is 24.0 Å². The third-order valence-electron chi connectivity index (χ3n) is 10.3. The van der Waals surface area contributed by atoms with Crippen LogP contribution in [0.4, 0.5) is 0 Å². The molecule has 0 unspecified atom stereocenters. The Morgan fingerprint density at radius 2 is 1.02 bits per heavy atom. The van der Waals surface area contributed by atoms with Gasteiger partial charge < -0.3 is 38.3 Å². The van der Waals surface area contributed by atoms with Crippen LogP contribution in [-0.2, 0) is 22.4 Å². The molecule has 0 amide bonds. The fourth-order valence-electron chi connectivity index (χ4n) is 6.62. The third kappa shape index (κ3) is 11.4. The molecule has 0 aliphatic rings. The van der Waals surface area contributed by atoms with E-state index in [1.54, 1.807) is 70.4 Å². The molecule has 2 aromatic carbocycles. The zero-order valence-corrected chi connectivity index (χ0v) is 37.7. The van der Waals surface area contributed by atoms with Crippen molar-refractivity contribution in [2.75, 3.05) is 26.4 Å². The Bertz CT molecular complexity index is 2590. The van der Waals surface area contributed by atoms with Gasteiger partial charge in [-0.3, -0.25) is 0 Å². The molecule has 8 rings (SSSR count). The smallest absolute Gasteiger partial charge is 0.326 e. The molecular weight excluding hydrogens is 853 g/mol. The maximum absolute atomic E-state index is 11.2. The molecule has 332 valence electrons. The van der Waals surface area contributed by atoms with E-state index >= 15 is 0 Å². The largest absolute Gasteiger partial charge is 0.493 e. The monoisotopic (exact) mass is 902 g/mol. The second kappa shape index (κ2) is 21.5. The van der Waals surface area contributed by atoms with Gasteiger partial charge in [-0.2, -0.15) is 0 Å². The summed E-state index contributed by atoms with van der Waals surface area (Å²) in [6, 6.07) is 21.6. The standard InChI is InChI=1S/2C24H25N3O4S/c2*1-3-19-15-32-23(26-19)18-5-8-22(25-14-18)31-12-4-11-30-20-6-7-21-17(13-20)9-10-27(21)16(2)24(28)29/h2*5-10,13-16H,3-4,11-12H2,1-2H3,(H,28,29)/t2*16-/m10/s1. The van der Waals surface area contributed by atoms with E-state index in [0.29, 0.717) is 51.0 Å². The van der Waals surface area contributed by atoms with E-state index in [1.807, 2.05) is 72.8 Å². The van der Waals surface area contributed by atoms with Crippen LogP contribution in [0.25, 0.3) is 42.9 Å². The number of nitrogens with zero attached hydrogens (tertiary/aromatic N) is 6. The van der Waals surface area contributed by atoms with Crippen LogP contribution in [0.1, 0.15) is 64.0 Å². The van der Waals surface area contributed by atoms with E-state index in [-0.39, 0.29) is 0 Å². The molecule has 6 heterocycles. The molecule has 6 aromatic heterocycles. The van der Waals surface area contributed by atoms with Crippen molar-refractivity contribution in [3.05, 3.63) is 120 Å². The number of carboxylic acids is 2. The Hall–Kier alpha value is -6.78. The average molecular weight is 903 g/mol. The Morgan fingerprint density at radius 3 is 1.38 bits per heavy atom. The van der Waals surface area contributed by atoms with Gasteiger partial charge in [0.1, 0.15) is 33.6 Å². The van der Waals surface area contributed by atoms with Crippen LogP contribution < -0.4 is 18.9 Å². The molecule has 0 aliphatic heterocycles. The number of ether oxygens (including phenoxy) is 4. The SMILES string of the molecule is CCc1csc(-c2ccc(OCCCOc3ccc4c(ccn4[C@@H](C)C(=O)O)c3)nc2)n1.CCc1csc(-c2ccc(OCCCOc3ccc4c(ccn4[C@H](C)C(=O)O)c3)nc2)n1. The van der Waals surface area contributed by atoms with Gasteiger partial charge in [0.2, 0.25) is 11.8 Å². The van der Waals surface area contributed by atoms with Gasteiger partial charge in [-0.15, -0.1) is 22.7 Å². The maximum Gasteiger partial charge on any atom is 0.326 e. The molecule has 2 N–H and O–H groups in total. The number of hydrogen-bond acceptors (Lipinski definition) is 12. The van der Waals surface area contributed by atoms with Crippen LogP contribution in [0, 0.1) is 0 Å². The van der Waals surface area contributed by atoms with E-state index in [2.05, 4.69) is 44.5 Å². The summed E-state index contributed by atoms with van der Waals surface area (Å²) >= 11 is 3.25. The summed E-state index contributed by atoms with van der Waals surface area (Å²) in [6.45, 7) is 9.52. The van der Waals surface area contributed by atoms with Gasteiger partial charge in [0, 0.05) is 93.5 Å². The summed E-state index contributed by atoms with van der Waals surface area (Å²) < 4.78 is 26.6. The fraction of sp³-hybridized carbons (Fsp3) is 0.292. The number of aromatic nitrogens is 6. The molecule has 0 saturated heterocycles. The van der Waals surface area contributed by atoms with Crippen molar-refractivity contribution in [3.63, 3.8) is 0 Å². The second-order valence-electron chi connectivity index (χ2n) is 14.8. The molecule has 2 atom stereocenters. The highest BCUT2D eigenvalue weighted by atomic mass is 32.1. The Morgan fingerprint density at radius 1 is 0.594 bits per heavy atom. The predicted molar refractivity (Wildman–Crippen MR) is 249 cm³/mol. The number of rotatable bonds is 20. The quantitative estimate of drug-likeness (QED) is 0.0694. The van der Waals surface area contributed by atoms with Crippen LogP contribution in [0.15, 0.2) is 108 Å². The summed E-state index contributed by atoms with van der Waals surface area (Å²) in [5, 5.41) is 26.4. The van der Waals surface area contributed by atoms with Crippen molar-refractivity contribution in [3.8, 4) is 44.4 Å². The molecule has 16 heteroatoms. The lowest BCUT2D eigenvalue weighted by molar-refractivity contribution is -0.141. The van der Waals surface area contributed by atoms with Gasteiger partial charge in [0.15, 0.2) is 0 Å². The molecule has 0 fully saturated rings. The van der Waals surface area contributed by atoms with Crippen molar-refractivity contribution < 1.29 is 38.7 Å². The molecule has 0 spiro atoms. The molecule has 0 aliphatic carbocycles. The lowest BCUT2D eigenvalue weighted by atomic mass is 10.2. The first kappa shape index (κ1) is 45.3. The highest BCUT2D eigenvalue weighted by Crippen LogP contribution is 2.28. The predicted octanol–water partition coefficient (Wildman–Crippen LogP) is 10.4. The topological polar surface area (TPSA) is 173 Å². The third-order valence-corrected chi connectivity index (χ3v) is 12.2. The van der Waals surface area contributed by atoms with Gasteiger partial charge in [-0.1, -0.05) is 13.8 Å². The summed E-state index contributed by atoms with van der Waals surface area (Å²) in [4.78, 5) is 40.4. The second-order valence-corrected chi connectivity index (χ2v) is 16.5. The lowest BCUT2D eigenvalue weighted by Gasteiger charge is -2.11. The number of aryl methyl sites for hydroxylation is 2. The van der Waals surface area contributed by atoms with Crippen molar-refractivity contribution in [1.29, 1.82) is 0 Å². The Kier molecular flexibility index (Phi) is 15.2. The number of carboxylic acid groups (broad SMARTS) is 2. The van der Waals surface area contributed by atoms with Gasteiger partial charge in [-0.05, 0) is 87.4 Å². The minimum atomic E-state index is -0.860. The summed E-state index contributed by atoms with van der Waals surface area (Å²) in [7, 11) is 0. The molecule has 0 saturated carbocycles. The summed E-state index contributed by atoms with van der Waals surface area (Å²) in [5.41, 5.74) is 5.91. The molecule has 0 bridgehead atoms. The van der Waals surface area contributed by atoms with E-state index in [1.165, 1.54) is 0 Å². The summed E-state index contributed by atoms with van der Waals surface area (Å²) in [5.74, 6) is 0.931. The lowest BCUT2D eigenvalue weighted by Crippen LogP contribution is -2.14. The first-order valence-corrected chi connectivity index (χ1v) is 22.9. The van der Waals surface area contributed by atoms with Gasteiger partial charge in [0.05, 0.1) is 37.8 Å². The number of fused-ring (bicyclic) bond motifs is 2. The zero-order valence-electron chi connectivity index (χ0n) is 36.0. The number of aliphatic carboxylic acids is 2. The minimum absolute atomic E-state index is 0.498. The number of hydrogen-bond donors (Lipinski definition) is 2. The van der Waals surface area contributed by atoms with Crippen LogP contribution in [-0.4, -0.2) is 77.6 Å². The Labute approximate surface area is 378 Å². The molecular formula is C48H50N6O8S2. The van der Waals surface area contributed by atoms with Crippen molar-refractivity contribution in [1.82, 2.24) is 29.1 Å². The summed E-state index contributed by atoms with van der Waals surface area (Å²) in [6.07, 6.45) is 10.4. The average Bonchev–Trinajstić information content (AvgIpc) is 4.15. The van der Waals surface area contributed by atoms with Crippen LogP contribution >= 0.6 is 22.7 Å². The van der Waals surface area contributed by atoms with Crippen molar-refractivity contribution >= 4 is 56.4 Å². The van der Waals surface area contributed by atoms with E-state index in [9.17, 15) is 19.8 Å². The van der Waals surface area contributed by atoms with Crippen LogP contribution in [0.2, 0.25) is 0 Å². The maximum atomic E-state index is 11.2. The first-order valence-electron chi connectivity index (χ1n) is 21.1. The van der Waals surface area contributed by atoms with E-state index in [0.717, 1.165) is 78.7 Å². The minimum Gasteiger partial charge on any atom is -0.493 e. The van der Waals surface area contributed by atoms with Gasteiger partial charge >= 0.3 is 11.9 Å². The van der Waals surface area contributed by atoms with E-state index in [4.69, 9.17) is 18.9 Å². The van der Waals surface area contributed by atoms with Crippen LogP contribution in [0.3, 0.4) is 0 Å². The number of thiazole rings is 2. The first-order chi connectivity index (χ1) is 31.1. The molecule has 64 heavy (non-hydrogen) atoms. The van der Waals surface area contributed by atoms with Crippen molar-refractivity contribution in [2.45, 2.75) is 65.5 Å². The highest BCUT2D eigenvalue weighted by molar-refractivity contribution is 7.13.